The van der Waals surface area contributed by atoms with Gasteiger partial charge in [0.05, 0.1) is 0 Å². The predicted molar refractivity (Wildman–Crippen MR) is 66.5 cm³/mol. The van der Waals surface area contributed by atoms with Crippen molar-refractivity contribution >= 4 is 17.7 Å². The summed E-state index contributed by atoms with van der Waals surface area (Å²) >= 11 is 0. The first-order chi connectivity index (χ1) is 8.52. The van der Waals surface area contributed by atoms with Gasteiger partial charge >= 0.3 is 12.0 Å². The summed E-state index contributed by atoms with van der Waals surface area (Å²) in [5.74, 6) is -1.18. The Morgan fingerprint density at radius 1 is 1.39 bits per heavy atom. The third kappa shape index (κ3) is 4.42. The van der Waals surface area contributed by atoms with Crippen LogP contribution >= 0.6 is 0 Å². The molecule has 2 amide bonds. The van der Waals surface area contributed by atoms with Crippen molar-refractivity contribution in [1.82, 2.24) is 5.32 Å². The molecule has 1 aromatic rings. The van der Waals surface area contributed by atoms with Crippen LogP contribution in [0.25, 0.3) is 0 Å². The second-order valence-electron chi connectivity index (χ2n) is 3.87. The highest BCUT2D eigenvalue weighted by Gasteiger charge is 2.18. The molecule has 0 fully saturated rings. The maximum atomic E-state index is 11.5. The Morgan fingerprint density at radius 2 is 2.11 bits per heavy atom. The van der Waals surface area contributed by atoms with E-state index in [9.17, 15) is 9.59 Å². The van der Waals surface area contributed by atoms with Crippen molar-refractivity contribution < 1.29 is 19.8 Å². The number of amides is 2. The van der Waals surface area contributed by atoms with Crippen LogP contribution in [0.15, 0.2) is 24.3 Å². The average molecular weight is 252 g/mol. The predicted octanol–water partition coefficient (Wildman–Crippen LogP) is 0.952. The third-order valence-corrected chi connectivity index (χ3v) is 2.30. The van der Waals surface area contributed by atoms with Crippen LogP contribution < -0.4 is 10.6 Å². The van der Waals surface area contributed by atoms with E-state index in [-0.39, 0.29) is 13.0 Å². The summed E-state index contributed by atoms with van der Waals surface area (Å²) in [5.41, 5.74) is 1.57. The number of carbonyl (C=O) groups is 2. The highest BCUT2D eigenvalue weighted by molar-refractivity contribution is 5.92. The topological polar surface area (TPSA) is 98.7 Å². The Hall–Kier alpha value is -2.08. The lowest BCUT2D eigenvalue weighted by Crippen LogP contribution is -2.43. The first-order valence-corrected chi connectivity index (χ1v) is 5.51. The number of aliphatic hydroxyl groups excluding tert-OH is 1. The Labute approximate surface area is 105 Å². The van der Waals surface area contributed by atoms with E-state index in [0.717, 1.165) is 5.56 Å². The van der Waals surface area contributed by atoms with Gasteiger partial charge in [-0.3, -0.25) is 0 Å². The minimum Gasteiger partial charge on any atom is -0.480 e. The van der Waals surface area contributed by atoms with Gasteiger partial charge < -0.3 is 20.8 Å². The van der Waals surface area contributed by atoms with Gasteiger partial charge in [-0.1, -0.05) is 12.1 Å². The molecule has 0 saturated carbocycles. The molecular weight excluding hydrogens is 236 g/mol. The molecule has 6 heteroatoms. The van der Waals surface area contributed by atoms with Crippen LogP contribution in [0, 0.1) is 6.92 Å². The van der Waals surface area contributed by atoms with Crippen molar-refractivity contribution in [2.75, 3.05) is 11.9 Å². The van der Waals surface area contributed by atoms with Gasteiger partial charge in [0.15, 0.2) is 0 Å². The van der Waals surface area contributed by atoms with Crippen LogP contribution in [-0.4, -0.2) is 34.9 Å². The number of anilines is 1. The van der Waals surface area contributed by atoms with Crippen molar-refractivity contribution in [2.45, 2.75) is 19.4 Å². The van der Waals surface area contributed by atoms with E-state index in [4.69, 9.17) is 10.2 Å². The number of hydrogen-bond acceptors (Lipinski definition) is 3. The van der Waals surface area contributed by atoms with Gasteiger partial charge in [-0.05, 0) is 24.6 Å². The maximum absolute atomic E-state index is 11.5. The molecule has 0 aliphatic rings. The summed E-state index contributed by atoms with van der Waals surface area (Å²) in [6, 6.07) is 5.43. The highest BCUT2D eigenvalue weighted by Crippen LogP contribution is 2.09. The lowest BCUT2D eigenvalue weighted by Gasteiger charge is -2.14. The maximum Gasteiger partial charge on any atom is 0.326 e. The summed E-state index contributed by atoms with van der Waals surface area (Å²) in [6.07, 6.45) is -0.0312. The zero-order valence-electron chi connectivity index (χ0n) is 10.0. The van der Waals surface area contributed by atoms with Gasteiger partial charge in [0.1, 0.15) is 6.04 Å². The zero-order valence-corrected chi connectivity index (χ0v) is 10.0. The number of aryl methyl sites for hydroxylation is 1. The number of urea groups is 1. The molecule has 1 rings (SSSR count). The molecule has 98 valence electrons. The number of benzene rings is 1. The van der Waals surface area contributed by atoms with Crippen LogP contribution in [0.4, 0.5) is 10.5 Å². The number of carboxylic acids is 1. The Balaban J connectivity index is 2.57. The molecule has 18 heavy (non-hydrogen) atoms. The smallest absolute Gasteiger partial charge is 0.326 e. The molecule has 0 saturated heterocycles. The summed E-state index contributed by atoms with van der Waals surface area (Å²) in [4.78, 5) is 22.3. The fraction of sp³-hybridized carbons (Fsp3) is 0.333. The van der Waals surface area contributed by atoms with Gasteiger partial charge in [-0.15, -0.1) is 0 Å². The largest absolute Gasteiger partial charge is 0.480 e. The van der Waals surface area contributed by atoms with Crippen LogP contribution in [-0.2, 0) is 4.79 Å². The van der Waals surface area contributed by atoms with E-state index < -0.39 is 18.0 Å². The lowest BCUT2D eigenvalue weighted by molar-refractivity contribution is -0.139. The number of nitrogens with one attached hydrogen (secondary N) is 2. The Morgan fingerprint density at radius 3 is 2.67 bits per heavy atom. The van der Waals surface area contributed by atoms with Crippen molar-refractivity contribution in [3.05, 3.63) is 29.8 Å². The summed E-state index contributed by atoms with van der Waals surface area (Å²) in [6.45, 7) is 1.58. The van der Waals surface area contributed by atoms with Gasteiger partial charge in [0, 0.05) is 18.7 Å². The quantitative estimate of drug-likeness (QED) is 0.627. The fourth-order valence-electron chi connectivity index (χ4n) is 1.43. The highest BCUT2D eigenvalue weighted by atomic mass is 16.4. The molecule has 1 aromatic carbocycles. The van der Waals surface area contributed by atoms with E-state index in [1.54, 1.807) is 18.2 Å². The molecule has 1 atom stereocenters. The number of carboxylic acid groups (broad SMARTS) is 1. The molecule has 0 bridgehead atoms. The summed E-state index contributed by atoms with van der Waals surface area (Å²) in [7, 11) is 0. The van der Waals surface area contributed by atoms with Gasteiger partial charge in [0.25, 0.3) is 0 Å². The van der Waals surface area contributed by atoms with Crippen molar-refractivity contribution in [3.8, 4) is 0 Å². The lowest BCUT2D eigenvalue weighted by atomic mass is 10.2. The molecule has 0 spiro atoms. The van der Waals surface area contributed by atoms with Gasteiger partial charge in [-0.2, -0.15) is 0 Å². The summed E-state index contributed by atoms with van der Waals surface area (Å²) in [5, 5.41) is 22.3. The Bertz CT molecular complexity index is 434. The average Bonchev–Trinajstić information content (AvgIpc) is 2.28. The molecule has 0 heterocycles. The van der Waals surface area contributed by atoms with Gasteiger partial charge in [-0.25, -0.2) is 9.59 Å². The zero-order chi connectivity index (χ0) is 13.5. The van der Waals surface area contributed by atoms with E-state index in [1.165, 1.54) is 0 Å². The van der Waals surface area contributed by atoms with Crippen LogP contribution in [0.3, 0.4) is 0 Å². The number of carbonyl (C=O) groups excluding carboxylic acids is 1. The van der Waals surface area contributed by atoms with E-state index in [0.29, 0.717) is 5.69 Å². The molecule has 0 aliphatic heterocycles. The summed E-state index contributed by atoms with van der Waals surface area (Å²) < 4.78 is 0. The SMILES string of the molecule is Cc1cccc(NC(=O)N[C@H](CCO)C(=O)O)c1. The number of rotatable bonds is 5. The third-order valence-electron chi connectivity index (χ3n) is 2.30. The number of aliphatic hydroxyl groups is 1. The number of hydrogen-bond donors (Lipinski definition) is 4. The molecule has 0 aliphatic carbocycles. The van der Waals surface area contributed by atoms with Gasteiger partial charge in [0.2, 0.25) is 0 Å². The van der Waals surface area contributed by atoms with E-state index >= 15 is 0 Å². The Kier molecular flexibility index (Phi) is 5.13. The molecule has 4 N–H and O–H groups in total. The molecule has 6 nitrogen and oxygen atoms in total. The monoisotopic (exact) mass is 252 g/mol. The molecule has 0 aromatic heterocycles. The minimum atomic E-state index is -1.18. The molecule has 0 radical (unpaired) electrons. The second kappa shape index (κ2) is 6.61. The van der Waals surface area contributed by atoms with Crippen molar-refractivity contribution in [2.24, 2.45) is 0 Å². The molecule has 0 unspecified atom stereocenters. The van der Waals surface area contributed by atoms with E-state index in [2.05, 4.69) is 10.6 Å². The number of aliphatic carboxylic acids is 1. The first-order valence-electron chi connectivity index (χ1n) is 5.51. The van der Waals surface area contributed by atoms with Crippen molar-refractivity contribution in [3.63, 3.8) is 0 Å². The fourth-order valence-corrected chi connectivity index (χ4v) is 1.43. The van der Waals surface area contributed by atoms with Crippen molar-refractivity contribution in [1.29, 1.82) is 0 Å². The normalized spacial score (nSPS) is 11.7. The van der Waals surface area contributed by atoms with Crippen LogP contribution in [0.1, 0.15) is 12.0 Å². The standard InChI is InChI=1S/C12H16N2O4/c1-8-3-2-4-9(7-8)13-12(18)14-10(5-6-15)11(16)17/h2-4,7,10,15H,5-6H2,1H3,(H,16,17)(H2,13,14,18)/t10-/m1/s1. The first kappa shape index (κ1) is 14.0. The minimum absolute atomic E-state index is 0.0312. The van der Waals surface area contributed by atoms with E-state index in [1.807, 2.05) is 13.0 Å². The molecular formula is C12H16N2O4. The van der Waals surface area contributed by atoms with Crippen LogP contribution in [0.5, 0.6) is 0 Å². The van der Waals surface area contributed by atoms with Crippen LogP contribution in [0.2, 0.25) is 0 Å². The second-order valence-corrected chi connectivity index (χ2v) is 3.87.